The first kappa shape index (κ1) is 15.4. The largest absolute Gasteiger partial charge is 0.393 e. The van der Waals surface area contributed by atoms with Crippen LogP contribution in [0.3, 0.4) is 0 Å². The van der Waals surface area contributed by atoms with E-state index in [1.54, 1.807) is 25.1 Å². The first-order chi connectivity index (χ1) is 8.40. The Labute approximate surface area is 117 Å². The maximum atomic E-state index is 12.0. The molecular formula is C13H17Cl2NO2. The molecular weight excluding hydrogens is 273 g/mol. The molecule has 1 N–H and O–H groups in total. The predicted molar refractivity (Wildman–Crippen MR) is 74.6 cm³/mol. The molecule has 0 amide bonds. The molecule has 0 aliphatic carbocycles. The Morgan fingerprint density at radius 3 is 2.61 bits per heavy atom. The molecule has 0 saturated carbocycles. The van der Waals surface area contributed by atoms with Crippen LogP contribution in [0.15, 0.2) is 18.2 Å². The van der Waals surface area contributed by atoms with Crippen molar-refractivity contribution in [2.45, 2.75) is 19.4 Å². The van der Waals surface area contributed by atoms with Crippen LogP contribution in [0.25, 0.3) is 0 Å². The molecule has 1 aromatic carbocycles. The number of rotatable bonds is 6. The highest BCUT2D eigenvalue weighted by atomic mass is 35.5. The van der Waals surface area contributed by atoms with Gasteiger partial charge in [0.1, 0.15) is 0 Å². The van der Waals surface area contributed by atoms with E-state index in [0.29, 0.717) is 35.1 Å². The molecule has 3 nitrogen and oxygen atoms in total. The molecule has 0 heterocycles. The lowest BCUT2D eigenvalue weighted by atomic mass is 10.1. The van der Waals surface area contributed by atoms with Gasteiger partial charge in [-0.1, -0.05) is 23.2 Å². The Morgan fingerprint density at radius 2 is 2.06 bits per heavy atom. The fourth-order valence-electron chi connectivity index (χ4n) is 1.49. The number of nitrogens with zero attached hydrogens (tertiary/aromatic N) is 1. The van der Waals surface area contributed by atoms with Gasteiger partial charge in [0.05, 0.1) is 22.7 Å². The molecule has 0 saturated heterocycles. The Bertz CT molecular complexity index is 421. The Kier molecular flexibility index (Phi) is 6.09. The summed E-state index contributed by atoms with van der Waals surface area (Å²) in [6.07, 6.45) is 0.290. The summed E-state index contributed by atoms with van der Waals surface area (Å²) in [6, 6.07) is 4.86. The minimum Gasteiger partial charge on any atom is -0.393 e. The van der Waals surface area contributed by atoms with Crippen molar-refractivity contribution < 1.29 is 9.90 Å². The van der Waals surface area contributed by atoms with Crippen molar-refractivity contribution in [2.24, 2.45) is 0 Å². The summed E-state index contributed by atoms with van der Waals surface area (Å²) < 4.78 is 0. The van der Waals surface area contributed by atoms with Crippen LogP contribution in [0.1, 0.15) is 23.7 Å². The van der Waals surface area contributed by atoms with Crippen LogP contribution in [0.2, 0.25) is 10.0 Å². The monoisotopic (exact) mass is 289 g/mol. The summed E-state index contributed by atoms with van der Waals surface area (Å²) in [7, 11) is 1.85. The molecule has 0 bridgehead atoms. The second-order valence-electron chi connectivity index (χ2n) is 4.43. The first-order valence-electron chi connectivity index (χ1n) is 5.75. The zero-order chi connectivity index (χ0) is 13.7. The molecule has 1 rings (SSSR count). The highest BCUT2D eigenvalue weighted by Crippen LogP contribution is 2.22. The number of ketones is 1. The third-order valence-electron chi connectivity index (χ3n) is 2.58. The Hall–Kier alpha value is -0.610. The second-order valence-corrected chi connectivity index (χ2v) is 5.24. The fourth-order valence-corrected chi connectivity index (χ4v) is 1.79. The standard InChI is InChI=1S/C13H17Cl2NO2/c1-9(17)5-6-16(2)8-13(18)10-3-4-11(14)12(15)7-10/h3-4,7,9,17H,5-6,8H2,1-2H3. The topological polar surface area (TPSA) is 40.5 Å². The van der Waals surface area contributed by atoms with Crippen LogP contribution in [0, 0.1) is 0 Å². The third kappa shape index (κ3) is 4.94. The van der Waals surface area contributed by atoms with E-state index in [0.717, 1.165) is 0 Å². The second kappa shape index (κ2) is 7.10. The third-order valence-corrected chi connectivity index (χ3v) is 3.32. The van der Waals surface area contributed by atoms with E-state index in [1.165, 1.54) is 0 Å². The van der Waals surface area contributed by atoms with Crippen LogP contribution in [-0.4, -0.2) is 42.0 Å². The number of aliphatic hydroxyl groups is 1. The Morgan fingerprint density at radius 1 is 1.39 bits per heavy atom. The highest BCUT2D eigenvalue weighted by molar-refractivity contribution is 6.42. The summed E-state index contributed by atoms with van der Waals surface area (Å²) in [6.45, 7) is 2.70. The lowest BCUT2D eigenvalue weighted by molar-refractivity contribution is 0.0931. The van der Waals surface area contributed by atoms with Crippen LogP contribution in [-0.2, 0) is 0 Å². The lowest BCUT2D eigenvalue weighted by Crippen LogP contribution is -2.28. The number of hydrogen-bond donors (Lipinski definition) is 1. The summed E-state index contributed by atoms with van der Waals surface area (Å²) in [4.78, 5) is 13.8. The molecule has 100 valence electrons. The van der Waals surface area contributed by atoms with Crippen LogP contribution in [0.4, 0.5) is 0 Å². The minimum atomic E-state index is -0.354. The maximum Gasteiger partial charge on any atom is 0.176 e. The SMILES string of the molecule is CC(O)CCN(C)CC(=O)c1ccc(Cl)c(Cl)c1. The normalized spacial score (nSPS) is 12.8. The van der Waals surface area contributed by atoms with Gasteiger partial charge in [-0.05, 0) is 38.6 Å². The molecule has 18 heavy (non-hydrogen) atoms. The van der Waals surface area contributed by atoms with E-state index in [9.17, 15) is 9.90 Å². The zero-order valence-corrected chi connectivity index (χ0v) is 12.0. The highest BCUT2D eigenvalue weighted by Gasteiger charge is 2.11. The molecule has 0 aromatic heterocycles. The first-order valence-corrected chi connectivity index (χ1v) is 6.50. The van der Waals surface area contributed by atoms with Gasteiger partial charge in [0.25, 0.3) is 0 Å². The van der Waals surface area contributed by atoms with Crippen molar-refractivity contribution in [1.82, 2.24) is 4.90 Å². The predicted octanol–water partition coefficient (Wildman–Crippen LogP) is 2.88. The van der Waals surface area contributed by atoms with Crippen molar-refractivity contribution in [3.8, 4) is 0 Å². The van der Waals surface area contributed by atoms with Gasteiger partial charge in [-0.3, -0.25) is 9.69 Å². The molecule has 0 spiro atoms. The van der Waals surface area contributed by atoms with Gasteiger partial charge in [0.2, 0.25) is 0 Å². The number of hydrogen-bond acceptors (Lipinski definition) is 3. The van der Waals surface area contributed by atoms with E-state index < -0.39 is 0 Å². The van der Waals surface area contributed by atoms with E-state index in [2.05, 4.69) is 0 Å². The number of benzene rings is 1. The van der Waals surface area contributed by atoms with E-state index in [4.69, 9.17) is 23.2 Å². The number of carbonyl (C=O) groups is 1. The van der Waals surface area contributed by atoms with Gasteiger partial charge in [-0.25, -0.2) is 0 Å². The van der Waals surface area contributed by atoms with Crippen molar-refractivity contribution in [1.29, 1.82) is 0 Å². The van der Waals surface area contributed by atoms with E-state index in [1.807, 2.05) is 11.9 Å². The summed E-state index contributed by atoms with van der Waals surface area (Å²) in [5.74, 6) is -0.0124. The summed E-state index contributed by atoms with van der Waals surface area (Å²) in [5, 5.41) is 10.00. The molecule has 1 unspecified atom stereocenters. The van der Waals surface area contributed by atoms with Crippen LogP contribution < -0.4 is 0 Å². The fraction of sp³-hybridized carbons (Fsp3) is 0.462. The molecule has 0 aliphatic rings. The minimum absolute atomic E-state index is 0.0124. The van der Waals surface area contributed by atoms with Gasteiger partial charge >= 0.3 is 0 Å². The molecule has 1 aromatic rings. The number of likely N-dealkylation sites (N-methyl/N-ethyl adjacent to an activating group) is 1. The summed E-state index contributed by atoms with van der Waals surface area (Å²) >= 11 is 11.7. The number of carbonyl (C=O) groups excluding carboxylic acids is 1. The molecule has 1 atom stereocenters. The summed E-state index contributed by atoms with van der Waals surface area (Å²) in [5.41, 5.74) is 0.549. The van der Waals surface area contributed by atoms with E-state index in [-0.39, 0.29) is 11.9 Å². The van der Waals surface area contributed by atoms with Gasteiger partial charge in [-0.2, -0.15) is 0 Å². The van der Waals surface area contributed by atoms with Crippen molar-refractivity contribution in [3.63, 3.8) is 0 Å². The van der Waals surface area contributed by atoms with Gasteiger partial charge in [0, 0.05) is 12.1 Å². The quantitative estimate of drug-likeness (QED) is 0.819. The smallest absolute Gasteiger partial charge is 0.176 e. The van der Waals surface area contributed by atoms with Crippen LogP contribution >= 0.6 is 23.2 Å². The molecule has 0 aliphatic heterocycles. The average molecular weight is 290 g/mol. The van der Waals surface area contributed by atoms with Crippen molar-refractivity contribution in [2.75, 3.05) is 20.1 Å². The number of aliphatic hydroxyl groups excluding tert-OH is 1. The van der Waals surface area contributed by atoms with Crippen molar-refractivity contribution in [3.05, 3.63) is 33.8 Å². The molecule has 0 fully saturated rings. The van der Waals surface area contributed by atoms with Crippen molar-refractivity contribution >= 4 is 29.0 Å². The van der Waals surface area contributed by atoms with Gasteiger partial charge in [0.15, 0.2) is 5.78 Å². The lowest BCUT2D eigenvalue weighted by Gasteiger charge is -2.16. The van der Waals surface area contributed by atoms with Crippen LogP contribution in [0.5, 0.6) is 0 Å². The van der Waals surface area contributed by atoms with Gasteiger partial charge < -0.3 is 5.11 Å². The number of halogens is 2. The molecule has 0 radical (unpaired) electrons. The van der Waals surface area contributed by atoms with E-state index >= 15 is 0 Å². The average Bonchev–Trinajstić information content (AvgIpc) is 2.30. The van der Waals surface area contributed by atoms with Gasteiger partial charge in [-0.15, -0.1) is 0 Å². The Balaban J connectivity index is 2.56. The zero-order valence-electron chi connectivity index (χ0n) is 10.5. The maximum absolute atomic E-state index is 12.0. The molecule has 5 heteroatoms. The number of Topliss-reactive ketones (excluding diaryl/α,β-unsaturated/α-hetero) is 1.